The fourth-order valence-electron chi connectivity index (χ4n) is 4.16. The van der Waals surface area contributed by atoms with Crippen LogP contribution >= 0.6 is 0 Å². The summed E-state index contributed by atoms with van der Waals surface area (Å²) in [7, 11) is 6.61. The highest BCUT2D eigenvalue weighted by molar-refractivity contribution is 4.70. The van der Waals surface area contributed by atoms with E-state index < -0.39 is 0 Å². The number of hydrogen-bond donors (Lipinski definition) is 0. The second-order valence-corrected chi connectivity index (χ2v) is 9.62. The summed E-state index contributed by atoms with van der Waals surface area (Å²) in [6.07, 6.45) is 2.67. The zero-order valence-corrected chi connectivity index (χ0v) is 21.6. The van der Waals surface area contributed by atoms with Crippen LogP contribution in [0.3, 0.4) is 0 Å². The van der Waals surface area contributed by atoms with Crippen LogP contribution in [0.15, 0.2) is 0 Å². The minimum Gasteiger partial charge on any atom is -0.305 e. The van der Waals surface area contributed by atoms with Gasteiger partial charge in [0.25, 0.3) is 0 Å². The van der Waals surface area contributed by atoms with Gasteiger partial charge in [0, 0.05) is 58.4 Å². The highest BCUT2D eigenvalue weighted by atomic mass is 15.2. The molecule has 0 N–H and O–H groups in total. The predicted octanol–water partition coefficient (Wildman–Crippen LogP) is 1.93. The molecule has 3 saturated heterocycles. The summed E-state index contributed by atoms with van der Waals surface area (Å²) in [6, 6.07) is 0.724. The topological polar surface area (TPSA) is 19.4 Å². The molecule has 0 aromatic carbocycles. The molecule has 0 aliphatic carbocycles. The number of likely N-dealkylation sites (N-methyl/N-ethyl adjacent to an activating group) is 5. The maximum absolute atomic E-state index is 2.56. The molecule has 3 heterocycles. The van der Waals surface area contributed by atoms with Gasteiger partial charge in [-0.2, -0.15) is 0 Å². The molecule has 30 heavy (non-hydrogen) atoms. The molecular weight excluding hydrogens is 372 g/mol. The van der Waals surface area contributed by atoms with Gasteiger partial charge >= 0.3 is 0 Å². The van der Waals surface area contributed by atoms with Crippen molar-refractivity contribution >= 4 is 0 Å². The molecule has 180 valence electrons. The molecule has 6 heteroatoms. The third kappa shape index (κ3) is 12.6. The molecule has 3 aliphatic rings. The van der Waals surface area contributed by atoms with E-state index in [1.165, 1.54) is 104 Å². The first kappa shape index (κ1) is 27.8. The quantitative estimate of drug-likeness (QED) is 0.682. The first-order chi connectivity index (χ1) is 14.3. The molecule has 0 amide bonds. The van der Waals surface area contributed by atoms with Crippen molar-refractivity contribution in [2.45, 2.75) is 46.6 Å². The van der Waals surface area contributed by atoms with Crippen molar-refractivity contribution in [2.75, 3.05) is 113 Å². The van der Waals surface area contributed by atoms with Gasteiger partial charge in [-0.25, -0.2) is 0 Å². The van der Waals surface area contributed by atoms with Crippen molar-refractivity contribution in [3.05, 3.63) is 0 Å². The Balaban J connectivity index is 0.000000226. The summed E-state index contributed by atoms with van der Waals surface area (Å²) in [4.78, 5) is 14.8. The third-order valence-corrected chi connectivity index (χ3v) is 6.79. The maximum Gasteiger partial charge on any atom is 0.0112 e. The van der Waals surface area contributed by atoms with Crippen LogP contribution in [-0.2, 0) is 0 Å². The van der Waals surface area contributed by atoms with Crippen LogP contribution in [0.2, 0.25) is 0 Å². The minimum atomic E-state index is 0.724. The lowest BCUT2D eigenvalue weighted by molar-refractivity contribution is 0.160. The molecule has 0 saturated carbocycles. The molecule has 3 aliphatic heterocycles. The highest BCUT2D eigenvalue weighted by Crippen LogP contribution is 2.04. The monoisotopic (exact) mass is 426 g/mol. The molecule has 6 nitrogen and oxygen atoms in total. The van der Waals surface area contributed by atoms with Crippen molar-refractivity contribution in [3.63, 3.8) is 0 Å². The summed E-state index contributed by atoms with van der Waals surface area (Å²) < 4.78 is 0. The van der Waals surface area contributed by atoms with Crippen LogP contribution in [-0.4, -0.2) is 148 Å². The zero-order valence-electron chi connectivity index (χ0n) is 21.6. The fraction of sp³-hybridized carbons (Fsp3) is 1.00. The average molecular weight is 427 g/mol. The summed E-state index contributed by atoms with van der Waals surface area (Å²) in [5, 5.41) is 0. The SMILES string of the molecule is CC(C)N1CCCN(C)CC1.CCN1CCCN(C)CC1.CCN1CCN(C)CC1. The molecule has 0 spiro atoms. The van der Waals surface area contributed by atoms with Crippen LogP contribution in [0.1, 0.15) is 40.5 Å². The van der Waals surface area contributed by atoms with Crippen molar-refractivity contribution < 1.29 is 0 Å². The molecule has 0 unspecified atom stereocenters. The zero-order chi connectivity index (χ0) is 22.4. The van der Waals surface area contributed by atoms with Gasteiger partial charge in [-0.1, -0.05) is 13.8 Å². The van der Waals surface area contributed by atoms with Crippen LogP contribution in [0, 0.1) is 0 Å². The first-order valence-electron chi connectivity index (χ1n) is 12.6. The smallest absolute Gasteiger partial charge is 0.0112 e. The summed E-state index contributed by atoms with van der Waals surface area (Å²) >= 11 is 0. The number of nitrogens with zero attached hydrogens (tertiary/aromatic N) is 6. The lowest BCUT2D eigenvalue weighted by Crippen LogP contribution is -2.44. The van der Waals surface area contributed by atoms with Crippen LogP contribution in [0.5, 0.6) is 0 Å². The third-order valence-electron chi connectivity index (χ3n) is 6.79. The normalized spacial score (nSPS) is 24.4. The number of piperazine rings is 1. The molecular formula is C24H54N6. The Morgan fingerprint density at radius 2 is 0.900 bits per heavy atom. The summed E-state index contributed by atoms with van der Waals surface area (Å²) in [5.74, 6) is 0. The van der Waals surface area contributed by atoms with E-state index in [0.717, 1.165) is 6.04 Å². The molecule has 3 rings (SSSR count). The Labute approximate surface area is 189 Å². The fourth-order valence-corrected chi connectivity index (χ4v) is 4.16. The Kier molecular flexibility index (Phi) is 15.2. The van der Waals surface area contributed by atoms with Crippen molar-refractivity contribution in [2.24, 2.45) is 0 Å². The van der Waals surface area contributed by atoms with Gasteiger partial charge in [0.15, 0.2) is 0 Å². The van der Waals surface area contributed by atoms with Crippen molar-refractivity contribution in [3.8, 4) is 0 Å². The average Bonchev–Trinajstić information content (AvgIpc) is 3.09. The Hall–Kier alpha value is -0.240. The second-order valence-electron chi connectivity index (χ2n) is 9.62. The first-order valence-corrected chi connectivity index (χ1v) is 12.6. The van der Waals surface area contributed by atoms with Crippen LogP contribution in [0.25, 0.3) is 0 Å². The largest absolute Gasteiger partial charge is 0.305 e. The van der Waals surface area contributed by atoms with E-state index in [1.807, 2.05) is 0 Å². The lowest BCUT2D eigenvalue weighted by Gasteiger charge is -2.31. The van der Waals surface area contributed by atoms with E-state index in [1.54, 1.807) is 0 Å². The van der Waals surface area contributed by atoms with E-state index in [2.05, 4.69) is 78.2 Å². The molecule has 0 radical (unpaired) electrons. The Morgan fingerprint density at radius 3 is 1.37 bits per heavy atom. The Morgan fingerprint density at radius 1 is 0.500 bits per heavy atom. The predicted molar refractivity (Wildman–Crippen MR) is 133 cm³/mol. The van der Waals surface area contributed by atoms with Gasteiger partial charge < -0.3 is 24.5 Å². The molecule has 0 aromatic heterocycles. The highest BCUT2D eigenvalue weighted by Gasteiger charge is 2.13. The van der Waals surface area contributed by atoms with E-state index in [-0.39, 0.29) is 0 Å². The van der Waals surface area contributed by atoms with Crippen molar-refractivity contribution in [1.82, 2.24) is 29.4 Å². The van der Waals surface area contributed by atoms with Gasteiger partial charge in [-0.05, 0) is 87.1 Å². The number of hydrogen-bond acceptors (Lipinski definition) is 6. The van der Waals surface area contributed by atoms with Crippen LogP contribution < -0.4 is 0 Å². The van der Waals surface area contributed by atoms with Crippen LogP contribution in [0.4, 0.5) is 0 Å². The maximum atomic E-state index is 2.56. The van der Waals surface area contributed by atoms with E-state index in [4.69, 9.17) is 0 Å². The minimum absolute atomic E-state index is 0.724. The standard InChI is InChI=1S/C9H20N2.C8H18N2.C7H16N2/c1-9(2)11-6-4-5-10(3)7-8-11;1-3-10-6-4-5-9(2)7-8-10;1-3-9-6-4-8(2)5-7-9/h9H,4-8H2,1-3H3;3-8H2,1-2H3;3-7H2,1-2H3. The van der Waals surface area contributed by atoms with E-state index in [0.29, 0.717) is 0 Å². The van der Waals surface area contributed by atoms with Gasteiger partial charge in [-0.3, -0.25) is 4.90 Å². The van der Waals surface area contributed by atoms with Gasteiger partial charge in [0.2, 0.25) is 0 Å². The summed E-state index contributed by atoms with van der Waals surface area (Å²) in [6.45, 7) is 26.6. The molecule has 0 aromatic rings. The van der Waals surface area contributed by atoms with E-state index in [9.17, 15) is 0 Å². The Bertz CT molecular complexity index is 397. The van der Waals surface area contributed by atoms with Crippen molar-refractivity contribution in [1.29, 1.82) is 0 Å². The van der Waals surface area contributed by atoms with E-state index >= 15 is 0 Å². The van der Waals surface area contributed by atoms with Gasteiger partial charge in [-0.15, -0.1) is 0 Å². The lowest BCUT2D eigenvalue weighted by atomic mass is 10.3. The molecule has 3 fully saturated rings. The van der Waals surface area contributed by atoms with Gasteiger partial charge in [0.1, 0.15) is 0 Å². The second kappa shape index (κ2) is 16.4. The molecule has 0 bridgehead atoms. The molecule has 0 atom stereocenters. The number of rotatable bonds is 3. The van der Waals surface area contributed by atoms with Gasteiger partial charge in [0.05, 0.1) is 0 Å². The summed E-state index contributed by atoms with van der Waals surface area (Å²) in [5.41, 5.74) is 0.